The number of hydrogen-bond acceptors (Lipinski definition) is 5. The molecule has 1 aliphatic heterocycles. The van der Waals surface area contributed by atoms with E-state index in [1.807, 2.05) is 18.4 Å². The molecule has 0 bridgehead atoms. The summed E-state index contributed by atoms with van der Waals surface area (Å²) in [5, 5.41) is 1.55. The first-order chi connectivity index (χ1) is 10.9. The Morgan fingerprint density at radius 1 is 1.43 bits per heavy atom. The number of amides is 1. The molecule has 23 heavy (non-hydrogen) atoms. The highest BCUT2D eigenvalue weighted by Crippen LogP contribution is 2.24. The Kier molecular flexibility index (Phi) is 4.29. The van der Waals surface area contributed by atoms with E-state index in [9.17, 15) is 13.2 Å². The molecule has 3 rings (SSSR count). The lowest BCUT2D eigenvalue weighted by atomic mass is 10.1. The van der Waals surface area contributed by atoms with Crippen molar-refractivity contribution in [3.8, 4) is 0 Å². The zero-order chi connectivity index (χ0) is 16.6. The first-order valence-electron chi connectivity index (χ1n) is 7.41. The van der Waals surface area contributed by atoms with Crippen LogP contribution in [0.25, 0.3) is 0 Å². The lowest BCUT2D eigenvalue weighted by Gasteiger charge is -2.38. The molecule has 0 radical (unpaired) electrons. The van der Waals surface area contributed by atoms with Gasteiger partial charge in [0.15, 0.2) is 0 Å². The van der Waals surface area contributed by atoms with Crippen molar-refractivity contribution < 1.29 is 13.2 Å². The Hall–Kier alpha value is -1.67. The number of carbonyl (C=O) groups excluding carboxylic acids is 1. The van der Waals surface area contributed by atoms with Crippen molar-refractivity contribution in [3.63, 3.8) is 0 Å². The molecule has 0 N–H and O–H groups in total. The molecule has 1 aliphatic rings. The van der Waals surface area contributed by atoms with Gasteiger partial charge in [0.05, 0.1) is 0 Å². The molecule has 8 heteroatoms. The fraction of sp³-hybridized carbons (Fsp3) is 0.467. The van der Waals surface area contributed by atoms with Gasteiger partial charge in [-0.3, -0.25) is 4.79 Å². The van der Waals surface area contributed by atoms with E-state index in [4.69, 9.17) is 0 Å². The van der Waals surface area contributed by atoms with Crippen LogP contribution in [0.5, 0.6) is 0 Å². The van der Waals surface area contributed by atoms with E-state index in [2.05, 4.69) is 4.98 Å². The van der Waals surface area contributed by atoms with E-state index >= 15 is 0 Å². The van der Waals surface area contributed by atoms with Gasteiger partial charge in [-0.15, -0.1) is 11.3 Å². The Morgan fingerprint density at radius 3 is 2.74 bits per heavy atom. The highest BCUT2D eigenvalue weighted by atomic mass is 32.2. The number of hydrogen-bond donors (Lipinski definition) is 0. The molecule has 1 fully saturated rings. The molecule has 0 spiro atoms. The summed E-state index contributed by atoms with van der Waals surface area (Å²) < 4.78 is 26.4. The van der Waals surface area contributed by atoms with Gasteiger partial charge in [-0.1, -0.05) is 0 Å². The maximum Gasteiger partial charge on any atom is 0.227 e. The highest BCUT2D eigenvalue weighted by molar-refractivity contribution is 7.92. The Balaban J connectivity index is 1.55. The molecule has 124 valence electrons. The van der Waals surface area contributed by atoms with Crippen LogP contribution in [0.3, 0.4) is 0 Å². The van der Waals surface area contributed by atoms with Gasteiger partial charge in [-0.05, 0) is 30.4 Å². The molecule has 3 heterocycles. The summed E-state index contributed by atoms with van der Waals surface area (Å²) in [5.41, 5.74) is 1.21. The highest BCUT2D eigenvalue weighted by Gasteiger charge is 2.42. The van der Waals surface area contributed by atoms with Crippen LogP contribution in [0.15, 0.2) is 29.0 Å². The van der Waals surface area contributed by atoms with E-state index in [1.165, 1.54) is 21.2 Å². The molecule has 1 amide bonds. The minimum absolute atomic E-state index is 0.0177. The fourth-order valence-corrected chi connectivity index (χ4v) is 5.28. The van der Waals surface area contributed by atoms with Gasteiger partial charge in [-0.2, -0.15) is 0 Å². The van der Waals surface area contributed by atoms with Gasteiger partial charge in [0.1, 0.15) is 5.25 Å². The van der Waals surface area contributed by atoms with Crippen molar-refractivity contribution in [2.75, 3.05) is 13.1 Å². The standard InChI is InChI=1S/C15H19N3O3S2/c1-11-5-8-22-13(11)3-4-14(19)18-9-12(10-18)23(20,21)15-16-6-7-17(15)2/h5-8,12H,3-4,9-10H2,1-2H3. The summed E-state index contributed by atoms with van der Waals surface area (Å²) in [7, 11) is -1.80. The number of imidazole rings is 1. The first-order valence-corrected chi connectivity index (χ1v) is 9.84. The average molecular weight is 353 g/mol. The largest absolute Gasteiger partial charge is 0.340 e. The van der Waals surface area contributed by atoms with E-state index in [0.717, 1.165) is 6.42 Å². The zero-order valence-electron chi connectivity index (χ0n) is 13.1. The Labute approximate surface area is 139 Å². The Bertz CT molecular complexity index is 817. The summed E-state index contributed by atoms with van der Waals surface area (Å²) in [4.78, 5) is 18.9. The predicted molar refractivity (Wildman–Crippen MR) is 88.1 cm³/mol. The zero-order valence-corrected chi connectivity index (χ0v) is 14.7. The van der Waals surface area contributed by atoms with Crippen LogP contribution < -0.4 is 0 Å². The summed E-state index contributed by atoms with van der Waals surface area (Å²) in [6.45, 7) is 2.56. The molecule has 2 aromatic rings. The van der Waals surface area contributed by atoms with Crippen LogP contribution in [0.2, 0.25) is 0 Å². The predicted octanol–water partition coefficient (Wildman–Crippen LogP) is 1.41. The molecule has 6 nitrogen and oxygen atoms in total. The van der Waals surface area contributed by atoms with Gasteiger partial charge in [-0.25, -0.2) is 13.4 Å². The van der Waals surface area contributed by atoms with Crippen LogP contribution in [-0.2, 0) is 28.1 Å². The summed E-state index contributed by atoms with van der Waals surface area (Å²) in [5.74, 6) is 0.0177. The van der Waals surface area contributed by atoms with Crippen LogP contribution in [-0.4, -0.2) is 47.1 Å². The third-order valence-electron chi connectivity index (χ3n) is 4.21. The fourth-order valence-electron chi connectivity index (χ4n) is 2.65. The number of carbonyl (C=O) groups is 1. The smallest absolute Gasteiger partial charge is 0.227 e. The third kappa shape index (κ3) is 3.05. The van der Waals surface area contributed by atoms with Crippen molar-refractivity contribution in [2.45, 2.75) is 30.2 Å². The second kappa shape index (κ2) is 6.09. The second-order valence-electron chi connectivity index (χ2n) is 5.81. The molecular formula is C15H19N3O3S2. The number of aromatic nitrogens is 2. The van der Waals surface area contributed by atoms with Gasteiger partial charge in [0.2, 0.25) is 20.9 Å². The van der Waals surface area contributed by atoms with Crippen molar-refractivity contribution >= 4 is 27.1 Å². The quantitative estimate of drug-likeness (QED) is 0.815. The maximum atomic E-state index is 12.4. The summed E-state index contributed by atoms with van der Waals surface area (Å²) >= 11 is 1.66. The minimum atomic E-state index is -3.46. The molecule has 0 unspecified atom stereocenters. The minimum Gasteiger partial charge on any atom is -0.340 e. The topological polar surface area (TPSA) is 72.3 Å². The molecule has 1 saturated heterocycles. The number of rotatable bonds is 5. The van der Waals surface area contributed by atoms with E-state index < -0.39 is 15.1 Å². The third-order valence-corrected chi connectivity index (χ3v) is 7.37. The first kappa shape index (κ1) is 16.2. The SMILES string of the molecule is Cc1ccsc1CCC(=O)N1CC(S(=O)(=O)c2nccn2C)C1. The van der Waals surface area contributed by atoms with E-state index in [1.54, 1.807) is 29.5 Å². The van der Waals surface area contributed by atoms with Gasteiger partial charge in [0.25, 0.3) is 0 Å². The summed E-state index contributed by atoms with van der Waals surface area (Å²) in [6.07, 6.45) is 4.22. The van der Waals surface area contributed by atoms with Gasteiger partial charge < -0.3 is 9.47 Å². The van der Waals surface area contributed by atoms with Gasteiger partial charge in [0, 0.05) is 43.8 Å². The Morgan fingerprint density at radius 2 is 2.17 bits per heavy atom. The van der Waals surface area contributed by atoms with E-state index in [-0.39, 0.29) is 24.2 Å². The van der Waals surface area contributed by atoms with Gasteiger partial charge >= 0.3 is 0 Å². The molecule has 0 atom stereocenters. The molecule has 0 aliphatic carbocycles. The summed E-state index contributed by atoms with van der Waals surface area (Å²) in [6, 6.07) is 2.05. The molecule has 2 aromatic heterocycles. The van der Waals surface area contributed by atoms with Crippen molar-refractivity contribution in [2.24, 2.45) is 7.05 Å². The van der Waals surface area contributed by atoms with E-state index in [0.29, 0.717) is 6.42 Å². The van der Waals surface area contributed by atoms with Crippen LogP contribution in [0.4, 0.5) is 0 Å². The van der Waals surface area contributed by atoms with Crippen LogP contribution in [0.1, 0.15) is 16.9 Å². The number of aryl methyl sites for hydroxylation is 3. The molecular weight excluding hydrogens is 334 g/mol. The average Bonchev–Trinajstić information content (AvgIpc) is 3.03. The number of nitrogens with zero attached hydrogens (tertiary/aromatic N) is 3. The molecule has 0 aromatic carbocycles. The monoisotopic (exact) mass is 353 g/mol. The number of thiophene rings is 1. The number of sulfone groups is 1. The lowest BCUT2D eigenvalue weighted by molar-refractivity contribution is -0.134. The second-order valence-corrected chi connectivity index (χ2v) is 8.94. The number of likely N-dealkylation sites (tertiary alicyclic amines) is 1. The van der Waals surface area contributed by atoms with Crippen LogP contribution in [0, 0.1) is 6.92 Å². The maximum absolute atomic E-state index is 12.4. The van der Waals surface area contributed by atoms with Crippen molar-refractivity contribution in [3.05, 3.63) is 34.3 Å². The van der Waals surface area contributed by atoms with Crippen molar-refractivity contribution in [1.29, 1.82) is 0 Å². The van der Waals surface area contributed by atoms with Crippen molar-refractivity contribution in [1.82, 2.24) is 14.5 Å². The normalized spacial score (nSPS) is 15.7. The van der Waals surface area contributed by atoms with Crippen LogP contribution >= 0.6 is 11.3 Å². The lowest BCUT2D eigenvalue weighted by Crippen LogP contribution is -2.57. The molecule has 0 saturated carbocycles.